The molecule has 1 aromatic heterocycles. The number of anilines is 1. The molecule has 3 rings (SSSR count). The van der Waals surface area contributed by atoms with Crippen LogP contribution in [0.4, 0.5) is 5.82 Å². The Hall–Kier alpha value is -2.43. The molecule has 1 aliphatic heterocycles. The summed E-state index contributed by atoms with van der Waals surface area (Å²) < 4.78 is 29.7. The van der Waals surface area contributed by atoms with Crippen molar-refractivity contribution in [3.63, 3.8) is 0 Å². The number of hydrogen-bond acceptors (Lipinski definition) is 6. The van der Waals surface area contributed by atoms with Crippen molar-refractivity contribution in [2.24, 2.45) is 0 Å². The van der Waals surface area contributed by atoms with Gasteiger partial charge >= 0.3 is 11.8 Å². The zero-order chi connectivity index (χ0) is 19.4. The molecule has 1 aromatic carbocycles. The molecule has 1 saturated heterocycles. The van der Waals surface area contributed by atoms with Crippen molar-refractivity contribution in [1.29, 1.82) is 0 Å². The van der Waals surface area contributed by atoms with Crippen molar-refractivity contribution in [3.8, 4) is 11.3 Å². The average Bonchev–Trinajstić information content (AvgIpc) is 3.21. The summed E-state index contributed by atoms with van der Waals surface area (Å²) in [6, 6.07) is 8.40. The summed E-state index contributed by atoms with van der Waals surface area (Å²) in [5.41, 5.74) is 0.600. The summed E-state index contributed by atoms with van der Waals surface area (Å²) in [6.07, 6.45) is 0.566. The van der Waals surface area contributed by atoms with Crippen LogP contribution in [0.1, 0.15) is 6.42 Å². The average molecular weight is 413 g/mol. The Labute approximate surface area is 160 Å². The molecule has 0 unspecified atom stereocenters. The minimum absolute atomic E-state index is 0.0369. The summed E-state index contributed by atoms with van der Waals surface area (Å²) in [7, 11) is -3.23. The van der Waals surface area contributed by atoms with Crippen LogP contribution in [0, 0.1) is 0 Å². The lowest BCUT2D eigenvalue weighted by Gasteiger charge is -2.14. The van der Waals surface area contributed by atoms with E-state index < -0.39 is 21.8 Å². The maximum absolute atomic E-state index is 11.9. The fraction of sp³-hybridized carbons (Fsp3) is 0.312. The number of carbonyl (C=O) groups excluding carboxylic acids is 2. The molecule has 2 N–H and O–H groups in total. The smallest absolute Gasteiger partial charge is 0.314 e. The van der Waals surface area contributed by atoms with Crippen LogP contribution in [0.15, 0.2) is 34.9 Å². The molecule has 1 fully saturated rings. The predicted molar refractivity (Wildman–Crippen MR) is 98.6 cm³/mol. The number of halogens is 1. The van der Waals surface area contributed by atoms with Crippen molar-refractivity contribution in [2.45, 2.75) is 6.42 Å². The highest BCUT2D eigenvalue weighted by molar-refractivity contribution is 7.89. The summed E-state index contributed by atoms with van der Waals surface area (Å²) in [5, 5.41) is 8.84. The zero-order valence-corrected chi connectivity index (χ0v) is 15.7. The maximum atomic E-state index is 11.9. The van der Waals surface area contributed by atoms with Crippen molar-refractivity contribution in [1.82, 2.24) is 14.8 Å². The highest BCUT2D eigenvalue weighted by Crippen LogP contribution is 2.29. The van der Waals surface area contributed by atoms with Crippen LogP contribution < -0.4 is 10.6 Å². The number of hydrogen-bond donors (Lipinski definition) is 2. The van der Waals surface area contributed by atoms with Gasteiger partial charge in [0, 0.05) is 31.3 Å². The van der Waals surface area contributed by atoms with E-state index >= 15 is 0 Å². The molecule has 0 aliphatic carbocycles. The zero-order valence-electron chi connectivity index (χ0n) is 14.1. The Kier molecular flexibility index (Phi) is 5.78. The third kappa shape index (κ3) is 4.65. The number of amides is 2. The van der Waals surface area contributed by atoms with Crippen LogP contribution in [0.3, 0.4) is 0 Å². The molecule has 0 atom stereocenters. The van der Waals surface area contributed by atoms with E-state index in [0.717, 1.165) is 0 Å². The number of carbonyl (C=O) groups is 2. The van der Waals surface area contributed by atoms with Crippen molar-refractivity contribution >= 4 is 39.3 Å². The van der Waals surface area contributed by atoms with Crippen LogP contribution >= 0.6 is 11.6 Å². The summed E-state index contributed by atoms with van der Waals surface area (Å²) in [6.45, 7) is 0.589. The van der Waals surface area contributed by atoms with Gasteiger partial charge in [0.1, 0.15) is 0 Å². The largest absolute Gasteiger partial charge is 0.354 e. The molecule has 0 saturated carbocycles. The Bertz CT molecular complexity index is 959. The highest BCUT2D eigenvalue weighted by atomic mass is 35.5. The van der Waals surface area contributed by atoms with Crippen LogP contribution in [-0.4, -0.2) is 55.1 Å². The second-order valence-electron chi connectivity index (χ2n) is 5.83. The van der Waals surface area contributed by atoms with Crippen LogP contribution in [-0.2, 0) is 19.6 Å². The van der Waals surface area contributed by atoms with Crippen LogP contribution in [0.5, 0.6) is 0 Å². The fourth-order valence-corrected chi connectivity index (χ4v) is 4.37. The highest BCUT2D eigenvalue weighted by Gasteiger charge is 2.27. The third-order valence-corrected chi connectivity index (χ3v) is 6.23. The second-order valence-corrected chi connectivity index (χ2v) is 8.33. The molecular weight excluding hydrogens is 396 g/mol. The first kappa shape index (κ1) is 19.3. The molecule has 2 aromatic rings. The first-order valence-corrected chi connectivity index (χ1v) is 10.1. The van der Waals surface area contributed by atoms with Gasteiger partial charge in [0.15, 0.2) is 11.6 Å². The normalized spacial score (nSPS) is 16.2. The lowest BCUT2D eigenvalue weighted by atomic mass is 10.2. The van der Waals surface area contributed by atoms with E-state index in [-0.39, 0.29) is 24.7 Å². The van der Waals surface area contributed by atoms with Crippen molar-refractivity contribution < 1.29 is 22.5 Å². The molecule has 9 nitrogen and oxygen atoms in total. The molecular formula is C16H17ClN4O5S. The van der Waals surface area contributed by atoms with Gasteiger partial charge in [0.25, 0.3) is 0 Å². The van der Waals surface area contributed by atoms with Crippen LogP contribution in [0.25, 0.3) is 11.3 Å². The molecule has 1 aliphatic rings. The van der Waals surface area contributed by atoms with Crippen molar-refractivity contribution in [2.75, 3.05) is 30.7 Å². The third-order valence-electron chi connectivity index (χ3n) is 3.95. The number of aromatic nitrogens is 1. The molecule has 144 valence electrons. The SMILES string of the molecule is O=C(NCCN1CCCS1(=O)=O)C(=O)Nc1cc(-c2ccccc2Cl)on1. The maximum Gasteiger partial charge on any atom is 0.314 e. The summed E-state index contributed by atoms with van der Waals surface area (Å²) in [4.78, 5) is 23.8. The van der Waals surface area contributed by atoms with Gasteiger partial charge in [-0.2, -0.15) is 0 Å². The van der Waals surface area contributed by atoms with Gasteiger partial charge in [-0.05, 0) is 18.6 Å². The first-order chi connectivity index (χ1) is 12.9. The Balaban J connectivity index is 1.52. The van der Waals surface area contributed by atoms with E-state index in [2.05, 4.69) is 15.8 Å². The van der Waals surface area contributed by atoms with Crippen molar-refractivity contribution in [3.05, 3.63) is 35.4 Å². The first-order valence-electron chi connectivity index (χ1n) is 8.15. The quantitative estimate of drug-likeness (QED) is 0.709. The topological polar surface area (TPSA) is 122 Å². The van der Waals surface area contributed by atoms with E-state index in [9.17, 15) is 18.0 Å². The molecule has 2 amide bonds. The monoisotopic (exact) mass is 412 g/mol. The Morgan fingerprint density at radius 3 is 2.74 bits per heavy atom. The molecule has 0 spiro atoms. The molecule has 27 heavy (non-hydrogen) atoms. The Morgan fingerprint density at radius 1 is 1.26 bits per heavy atom. The van der Waals surface area contributed by atoms with E-state index in [1.165, 1.54) is 10.4 Å². The number of rotatable bonds is 5. The minimum Gasteiger partial charge on any atom is -0.354 e. The van der Waals surface area contributed by atoms with Crippen LogP contribution in [0.2, 0.25) is 5.02 Å². The minimum atomic E-state index is -3.23. The van der Waals surface area contributed by atoms with Gasteiger partial charge in [-0.1, -0.05) is 28.9 Å². The van der Waals surface area contributed by atoms with Gasteiger partial charge in [0.05, 0.1) is 10.8 Å². The molecule has 2 heterocycles. The molecule has 11 heteroatoms. The predicted octanol–water partition coefficient (Wildman–Crippen LogP) is 1.09. The van der Waals surface area contributed by atoms with Gasteiger partial charge in [-0.25, -0.2) is 12.7 Å². The van der Waals surface area contributed by atoms with Gasteiger partial charge in [-0.3, -0.25) is 14.9 Å². The number of nitrogens with zero attached hydrogens (tertiary/aromatic N) is 2. The van der Waals surface area contributed by atoms with Gasteiger partial charge in [-0.15, -0.1) is 0 Å². The fourth-order valence-electron chi connectivity index (χ4n) is 2.61. The van der Waals surface area contributed by atoms with Gasteiger partial charge < -0.3 is 9.84 Å². The van der Waals surface area contributed by atoms with E-state index in [1.54, 1.807) is 24.3 Å². The van der Waals surface area contributed by atoms with E-state index in [1.807, 2.05) is 0 Å². The van der Waals surface area contributed by atoms with Gasteiger partial charge in [0.2, 0.25) is 10.0 Å². The standard InChI is InChI=1S/C16H17ClN4O5S/c17-12-5-2-1-4-11(12)13-10-14(20-26-13)19-16(23)15(22)18-6-8-21-7-3-9-27(21,24)25/h1-2,4-5,10H,3,6-9H2,(H,18,22)(H,19,20,23). The number of sulfonamides is 1. The van der Waals surface area contributed by atoms with E-state index in [0.29, 0.717) is 29.3 Å². The van der Waals surface area contributed by atoms with E-state index in [4.69, 9.17) is 16.1 Å². The lowest BCUT2D eigenvalue weighted by molar-refractivity contribution is -0.136. The second kappa shape index (κ2) is 8.07. The molecule has 0 bridgehead atoms. The number of nitrogens with one attached hydrogen (secondary N) is 2. The number of benzene rings is 1. The Morgan fingerprint density at radius 2 is 2.04 bits per heavy atom. The lowest BCUT2D eigenvalue weighted by Crippen LogP contribution is -2.40. The molecule has 0 radical (unpaired) electrons. The summed E-state index contributed by atoms with van der Waals surface area (Å²) >= 11 is 6.07. The summed E-state index contributed by atoms with van der Waals surface area (Å²) in [5.74, 6) is -1.31.